The molecule has 0 fully saturated rings. The van der Waals surface area contributed by atoms with Gasteiger partial charge in [0.05, 0.1) is 0 Å². The van der Waals surface area contributed by atoms with Gasteiger partial charge in [0.2, 0.25) is 0 Å². The standard InChI is InChI=1S/C27H18IN/c28-27-13-11-20(12-14-27)24-10-8-22-7-9-23(16-26(22)17-24)19-3-5-21(6-4-19)25-2-1-15-29-18-25/h1-18H. The van der Waals surface area contributed by atoms with Gasteiger partial charge in [-0.1, -0.05) is 66.7 Å². The van der Waals surface area contributed by atoms with Crippen LogP contribution in [-0.4, -0.2) is 4.98 Å². The van der Waals surface area contributed by atoms with Crippen LogP contribution in [-0.2, 0) is 0 Å². The van der Waals surface area contributed by atoms with E-state index in [-0.39, 0.29) is 0 Å². The molecule has 0 atom stereocenters. The van der Waals surface area contributed by atoms with Crippen LogP contribution in [0.2, 0.25) is 0 Å². The molecular weight excluding hydrogens is 465 g/mol. The van der Waals surface area contributed by atoms with Crippen molar-refractivity contribution in [3.8, 4) is 33.4 Å². The van der Waals surface area contributed by atoms with E-state index in [1.807, 2.05) is 12.3 Å². The Bertz CT molecular complexity index is 1270. The molecule has 0 spiro atoms. The van der Waals surface area contributed by atoms with Crippen molar-refractivity contribution in [2.24, 2.45) is 0 Å². The molecule has 5 aromatic rings. The lowest BCUT2D eigenvalue weighted by Gasteiger charge is -2.08. The Balaban J connectivity index is 1.51. The topological polar surface area (TPSA) is 12.9 Å². The first-order valence-electron chi connectivity index (χ1n) is 9.57. The highest BCUT2D eigenvalue weighted by Crippen LogP contribution is 2.30. The van der Waals surface area contributed by atoms with E-state index in [0.717, 1.165) is 5.56 Å². The maximum absolute atomic E-state index is 4.21. The summed E-state index contributed by atoms with van der Waals surface area (Å²) in [5.41, 5.74) is 7.27. The number of hydrogen-bond donors (Lipinski definition) is 0. The SMILES string of the molecule is Ic1ccc(-c2ccc3ccc(-c4ccc(-c5cccnc5)cc4)cc3c2)cc1. The minimum Gasteiger partial charge on any atom is -0.264 e. The van der Waals surface area contributed by atoms with Crippen LogP contribution in [0.25, 0.3) is 44.2 Å². The summed E-state index contributed by atoms with van der Waals surface area (Å²) < 4.78 is 1.25. The average Bonchev–Trinajstić information content (AvgIpc) is 2.79. The van der Waals surface area contributed by atoms with Crippen molar-refractivity contribution in [3.05, 3.63) is 113 Å². The summed E-state index contributed by atoms with van der Waals surface area (Å²) >= 11 is 2.34. The Morgan fingerprint density at radius 1 is 0.483 bits per heavy atom. The van der Waals surface area contributed by atoms with Crippen molar-refractivity contribution in [2.75, 3.05) is 0 Å². The molecule has 0 radical (unpaired) electrons. The third-order valence-electron chi connectivity index (χ3n) is 5.23. The highest BCUT2D eigenvalue weighted by Gasteiger charge is 2.04. The predicted octanol–water partition coefficient (Wildman–Crippen LogP) is 7.84. The van der Waals surface area contributed by atoms with Crippen molar-refractivity contribution in [1.29, 1.82) is 0 Å². The van der Waals surface area contributed by atoms with Crippen LogP contribution in [0.1, 0.15) is 0 Å². The zero-order valence-corrected chi connectivity index (χ0v) is 17.9. The largest absolute Gasteiger partial charge is 0.264 e. The third kappa shape index (κ3) is 3.81. The van der Waals surface area contributed by atoms with E-state index in [0.29, 0.717) is 0 Å². The summed E-state index contributed by atoms with van der Waals surface area (Å²) in [7, 11) is 0. The lowest BCUT2D eigenvalue weighted by molar-refractivity contribution is 1.33. The van der Waals surface area contributed by atoms with E-state index in [2.05, 4.69) is 119 Å². The summed E-state index contributed by atoms with van der Waals surface area (Å²) in [5.74, 6) is 0. The van der Waals surface area contributed by atoms with Gasteiger partial charge in [0.1, 0.15) is 0 Å². The highest BCUT2D eigenvalue weighted by molar-refractivity contribution is 14.1. The molecule has 0 saturated carbocycles. The number of rotatable bonds is 3. The normalized spacial score (nSPS) is 10.9. The van der Waals surface area contributed by atoms with E-state index >= 15 is 0 Å². The van der Waals surface area contributed by atoms with E-state index in [1.165, 1.54) is 42.2 Å². The molecule has 1 aromatic heterocycles. The molecule has 1 heterocycles. The van der Waals surface area contributed by atoms with Gasteiger partial charge in [0, 0.05) is 16.0 Å². The molecule has 0 aliphatic carbocycles. The van der Waals surface area contributed by atoms with Crippen LogP contribution in [0, 0.1) is 3.57 Å². The number of nitrogens with zero attached hydrogens (tertiary/aromatic N) is 1. The quantitative estimate of drug-likeness (QED) is 0.238. The fourth-order valence-corrected chi connectivity index (χ4v) is 4.00. The smallest absolute Gasteiger partial charge is 0.0346 e. The van der Waals surface area contributed by atoms with Gasteiger partial charge in [-0.2, -0.15) is 0 Å². The Hall–Kier alpha value is -2.98. The molecular formula is C27H18IN. The van der Waals surface area contributed by atoms with Crippen molar-refractivity contribution in [2.45, 2.75) is 0 Å². The summed E-state index contributed by atoms with van der Waals surface area (Å²) in [4.78, 5) is 4.21. The fourth-order valence-electron chi connectivity index (χ4n) is 3.64. The van der Waals surface area contributed by atoms with Gasteiger partial charge < -0.3 is 0 Å². The molecule has 0 amide bonds. The first-order valence-corrected chi connectivity index (χ1v) is 10.6. The second-order valence-corrected chi connectivity index (χ2v) is 8.35. The maximum Gasteiger partial charge on any atom is 0.0346 e. The second-order valence-electron chi connectivity index (χ2n) is 7.10. The maximum atomic E-state index is 4.21. The number of aromatic nitrogens is 1. The van der Waals surface area contributed by atoms with Crippen molar-refractivity contribution < 1.29 is 0 Å². The van der Waals surface area contributed by atoms with Crippen LogP contribution in [0.4, 0.5) is 0 Å². The van der Waals surface area contributed by atoms with Crippen molar-refractivity contribution in [1.82, 2.24) is 4.98 Å². The third-order valence-corrected chi connectivity index (χ3v) is 5.95. The number of benzene rings is 4. The minimum atomic E-state index is 1.14. The van der Waals surface area contributed by atoms with Crippen LogP contribution in [0.3, 0.4) is 0 Å². The molecule has 0 aliphatic rings. The molecule has 0 aliphatic heterocycles. The summed E-state index contributed by atoms with van der Waals surface area (Å²) in [6.45, 7) is 0. The zero-order valence-electron chi connectivity index (χ0n) is 15.7. The van der Waals surface area contributed by atoms with Gasteiger partial charge in [-0.25, -0.2) is 0 Å². The van der Waals surface area contributed by atoms with Gasteiger partial charge in [-0.3, -0.25) is 4.98 Å². The fraction of sp³-hybridized carbons (Fsp3) is 0. The molecule has 138 valence electrons. The molecule has 4 aromatic carbocycles. The average molecular weight is 483 g/mol. The van der Waals surface area contributed by atoms with E-state index < -0.39 is 0 Å². The number of fused-ring (bicyclic) bond motifs is 1. The van der Waals surface area contributed by atoms with E-state index in [9.17, 15) is 0 Å². The summed E-state index contributed by atoms with van der Waals surface area (Å²) in [6.07, 6.45) is 3.70. The lowest BCUT2D eigenvalue weighted by atomic mass is 9.96. The van der Waals surface area contributed by atoms with Crippen molar-refractivity contribution in [3.63, 3.8) is 0 Å². The Kier molecular flexibility index (Phi) is 4.86. The van der Waals surface area contributed by atoms with Gasteiger partial charge >= 0.3 is 0 Å². The van der Waals surface area contributed by atoms with Crippen LogP contribution < -0.4 is 0 Å². The van der Waals surface area contributed by atoms with Crippen LogP contribution in [0.5, 0.6) is 0 Å². The number of hydrogen-bond acceptors (Lipinski definition) is 1. The number of pyridine rings is 1. The Labute approximate surface area is 184 Å². The summed E-state index contributed by atoms with van der Waals surface area (Å²) in [6, 6.07) is 34.8. The first-order chi connectivity index (χ1) is 14.3. The van der Waals surface area contributed by atoms with Gasteiger partial charge in [0.25, 0.3) is 0 Å². The number of halogens is 1. The molecule has 0 N–H and O–H groups in total. The van der Waals surface area contributed by atoms with Gasteiger partial charge in [0.15, 0.2) is 0 Å². The molecule has 5 rings (SSSR count). The molecule has 2 heteroatoms. The monoisotopic (exact) mass is 483 g/mol. The summed E-state index contributed by atoms with van der Waals surface area (Å²) in [5, 5.41) is 2.52. The first kappa shape index (κ1) is 18.1. The lowest BCUT2D eigenvalue weighted by Crippen LogP contribution is -1.83. The van der Waals surface area contributed by atoms with Gasteiger partial charge in [-0.15, -0.1) is 0 Å². The minimum absolute atomic E-state index is 1.14. The molecule has 29 heavy (non-hydrogen) atoms. The highest BCUT2D eigenvalue weighted by atomic mass is 127. The van der Waals surface area contributed by atoms with E-state index in [1.54, 1.807) is 6.20 Å². The van der Waals surface area contributed by atoms with Crippen LogP contribution in [0.15, 0.2) is 109 Å². The second kappa shape index (κ2) is 7.80. The van der Waals surface area contributed by atoms with Crippen LogP contribution >= 0.6 is 22.6 Å². The predicted molar refractivity (Wildman–Crippen MR) is 131 cm³/mol. The van der Waals surface area contributed by atoms with E-state index in [4.69, 9.17) is 0 Å². The molecule has 0 unspecified atom stereocenters. The molecule has 0 bridgehead atoms. The molecule has 0 saturated heterocycles. The Morgan fingerprint density at radius 3 is 1.55 bits per heavy atom. The zero-order chi connectivity index (χ0) is 19.6. The van der Waals surface area contributed by atoms with Crippen molar-refractivity contribution >= 4 is 33.4 Å². The van der Waals surface area contributed by atoms with Gasteiger partial charge in [-0.05, 0) is 97.1 Å². The molecule has 1 nitrogen and oxygen atoms in total. The Morgan fingerprint density at radius 2 is 1.00 bits per heavy atom.